The molecule has 0 saturated heterocycles. The van der Waals surface area contributed by atoms with Gasteiger partial charge in [0.1, 0.15) is 6.26 Å². The molecule has 2 aromatic heterocycles. The number of ketones is 1. The summed E-state index contributed by atoms with van der Waals surface area (Å²) in [6, 6.07) is 1.68. The van der Waals surface area contributed by atoms with Crippen molar-refractivity contribution in [2.45, 2.75) is 6.92 Å². The van der Waals surface area contributed by atoms with Gasteiger partial charge >= 0.3 is 0 Å². The summed E-state index contributed by atoms with van der Waals surface area (Å²) in [5, 5.41) is 1.15. The third-order valence-corrected chi connectivity index (χ3v) is 2.08. The van der Waals surface area contributed by atoms with E-state index in [1.165, 1.54) is 19.4 Å². The van der Waals surface area contributed by atoms with Gasteiger partial charge in [-0.2, -0.15) is 0 Å². The van der Waals surface area contributed by atoms with Crippen molar-refractivity contribution >= 4 is 28.5 Å². The molecule has 0 aromatic carbocycles. The highest BCUT2D eigenvalue weighted by atomic mass is 35.5. The minimum atomic E-state index is -0.0355. The predicted molar refractivity (Wildman–Crippen MR) is 49.0 cm³/mol. The molecule has 0 aliphatic carbocycles. The maximum atomic E-state index is 11.0. The van der Waals surface area contributed by atoms with Crippen molar-refractivity contribution in [1.82, 2.24) is 4.98 Å². The van der Waals surface area contributed by atoms with Crippen LogP contribution in [-0.4, -0.2) is 10.8 Å². The van der Waals surface area contributed by atoms with E-state index < -0.39 is 0 Å². The Morgan fingerprint density at radius 2 is 2.38 bits per heavy atom. The van der Waals surface area contributed by atoms with E-state index in [1.54, 1.807) is 6.07 Å². The summed E-state index contributed by atoms with van der Waals surface area (Å²) in [5.41, 5.74) is 0.991. The number of rotatable bonds is 1. The van der Waals surface area contributed by atoms with Crippen molar-refractivity contribution in [1.29, 1.82) is 0 Å². The molecule has 13 heavy (non-hydrogen) atoms. The van der Waals surface area contributed by atoms with Crippen molar-refractivity contribution in [3.63, 3.8) is 0 Å². The van der Waals surface area contributed by atoms with E-state index in [-0.39, 0.29) is 5.78 Å². The molecule has 2 heterocycles. The minimum Gasteiger partial charge on any atom is -0.445 e. The molecule has 3 nitrogen and oxygen atoms in total. The molecule has 66 valence electrons. The number of furan rings is 1. The van der Waals surface area contributed by atoms with Crippen LogP contribution in [0.15, 0.2) is 22.9 Å². The predicted octanol–water partition coefficient (Wildman–Crippen LogP) is 2.68. The summed E-state index contributed by atoms with van der Waals surface area (Å²) in [6.07, 6.45) is 2.88. The molecule has 0 fully saturated rings. The number of carbonyl (C=O) groups is 1. The van der Waals surface area contributed by atoms with Crippen molar-refractivity contribution in [3.8, 4) is 0 Å². The first-order valence-corrected chi connectivity index (χ1v) is 4.10. The Labute approximate surface area is 79.3 Å². The van der Waals surface area contributed by atoms with Crippen LogP contribution in [0.5, 0.6) is 0 Å². The van der Waals surface area contributed by atoms with E-state index in [2.05, 4.69) is 4.98 Å². The van der Waals surface area contributed by atoms with Crippen molar-refractivity contribution in [2.24, 2.45) is 0 Å². The Balaban J connectivity index is 2.72. The van der Waals surface area contributed by atoms with Gasteiger partial charge in [0.15, 0.2) is 5.78 Å². The van der Waals surface area contributed by atoms with Crippen LogP contribution in [0.3, 0.4) is 0 Å². The van der Waals surface area contributed by atoms with Gasteiger partial charge in [0, 0.05) is 11.8 Å². The third kappa shape index (κ3) is 1.31. The number of nitrogens with zero attached hydrogens (tertiary/aromatic N) is 1. The first kappa shape index (κ1) is 8.26. The highest BCUT2D eigenvalue weighted by Gasteiger charge is 2.07. The van der Waals surface area contributed by atoms with Crippen LogP contribution in [0.2, 0.25) is 5.02 Å². The Morgan fingerprint density at radius 3 is 3.08 bits per heavy atom. The standard InChI is InChI=1S/C9H6ClNO2/c1-5(12)6-2-7-8(10)4-13-9(7)11-3-6/h2-4H,1H3. The number of pyridine rings is 1. The van der Waals surface area contributed by atoms with E-state index in [4.69, 9.17) is 16.0 Å². The second kappa shape index (κ2) is 2.85. The molecular weight excluding hydrogens is 190 g/mol. The lowest BCUT2D eigenvalue weighted by Crippen LogP contribution is -1.92. The van der Waals surface area contributed by atoms with Crippen LogP contribution in [0.4, 0.5) is 0 Å². The number of aromatic nitrogens is 1. The van der Waals surface area contributed by atoms with E-state index >= 15 is 0 Å². The number of hydrogen-bond acceptors (Lipinski definition) is 3. The summed E-state index contributed by atoms with van der Waals surface area (Å²) in [4.78, 5) is 15.0. The smallest absolute Gasteiger partial charge is 0.227 e. The molecule has 0 radical (unpaired) electrons. The van der Waals surface area contributed by atoms with Gasteiger partial charge in [-0.05, 0) is 13.0 Å². The van der Waals surface area contributed by atoms with E-state index in [1.807, 2.05) is 0 Å². The van der Waals surface area contributed by atoms with Gasteiger partial charge in [-0.1, -0.05) is 11.6 Å². The molecule has 0 saturated carbocycles. The fourth-order valence-electron chi connectivity index (χ4n) is 1.08. The van der Waals surface area contributed by atoms with Crippen LogP contribution in [0.1, 0.15) is 17.3 Å². The van der Waals surface area contributed by atoms with Crippen LogP contribution in [0, 0.1) is 0 Å². The first-order chi connectivity index (χ1) is 6.18. The van der Waals surface area contributed by atoms with Crippen LogP contribution >= 0.6 is 11.6 Å². The van der Waals surface area contributed by atoms with Gasteiger partial charge in [-0.3, -0.25) is 4.79 Å². The number of carbonyl (C=O) groups excluding carboxylic acids is 1. The molecule has 0 aliphatic heterocycles. The highest BCUT2D eigenvalue weighted by molar-refractivity contribution is 6.35. The molecule has 0 amide bonds. The Morgan fingerprint density at radius 1 is 1.62 bits per heavy atom. The van der Waals surface area contributed by atoms with Crippen LogP contribution < -0.4 is 0 Å². The van der Waals surface area contributed by atoms with Gasteiger partial charge < -0.3 is 4.42 Å². The summed E-state index contributed by atoms with van der Waals surface area (Å²) in [6.45, 7) is 1.48. The number of hydrogen-bond donors (Lipinski definition) is 0. The second-order valence-electron chi connectivity index (χ2n) is 2.72. The monoisotopic (exact) mass is 195 g/mol. The van der Waals surface area contributed by atoms with E-state index in [9.17, 15) is 4.79 Å². The number of halogens is 1. The zero-order valence-electron chi connectivity index (χ0n) is 6.87. The lowest BCUT2D eigenvalue weighted by atomic mass is 10.2. The average molecular weight is 196 g/mol. The summed E-state index contributed by atoms with van der Waals surface area (Å²) < 4.78 is 5.03. The third-order valence-electron chi connectivity index (χ3n) is 1.79. The fourth-order valence-corrected chi connectivity index (χ4v) is 1.26. The minimum absolute atomic E-state index is 0.0355. The van der Waals surface area contributed by atoms with Crippen molar-refractivity contribution < 1.29 is 9.21 Å². The number of fused-ring (bicyclic) bond motifs is 1. The Bertz CT molecular complexity index is 475. The summed E-state index contributed by atoms with van der Waals surface area (Å²) >= 11 is 5.80. The van der Waals surface area contributed by atoms with Crippen LogP contribution in [0.25, 0.3) is 11.1 Å². The molecular formula is C9H6ClNO2. The number of Topliss-reactive ketones (excluding diaryl/α,β-unsaturated/α-hetero) is 1. The fraction of sp³-hybridized carbons (Fsp3) is 0.111. The largest absolute Gasteiger partial charge is 0.445 e. The van der Waals surface area contributed by atoms with Crippen molar-refractivity contribution in [3.05, 3.63) is 29.1 Å². The topological polar surface area (TPSA) is 43.1 Å². The van der Waals surface area contributed by atoms with Gasteiger partial charge in [-0.25, -0.2) is 4.98 Å². The summed E-state index contributed by atoms with van der Waals surface area (Å²) in [5.74, 6) is -0.0355. The molecule has 2 aromatic rings. The second-order valence-corrected chi connectivity index (χ2v) is 3.12. The molecule has 0 bridgehead atoms. The Hall–Kier alpha value is -1.35. The average Bonchev–Trinajstić information content (AvgIpc) is 2.47. The van der Waals surface area contributed by atoms with Gasteiger partial charge in [0.2, 0.25) is 5.71 Å². The maximum absolute atomic E-state index is 11.0. The van der Waals surface area contributed by atoms with E-state index in [0.717, 1.165) is 0 Å². The highest BCUT2D eigenvalue weighted by Crippen LogP contribution is 2.24. The van der Waals surface area contributed by atoms with Gasteiger partial charge in [0.05, 0.1) is 10.4 Å². The van der Waals surface area contributed by atoms with Gasteiger partial charge in [-0.15, -0.1) is 0 Å². The molecule has 4 heteroatoms. The molecule has 0 aliphatic rings. The van der Waals surface area contributed by atoms with Crippen LogP contribution in [-0.2, 0) is 0 Å². The first-order valence-electron chi connectivity index (χ1n) is 3.72. The molecule has 0 N–H and O–H groups in total. The SMILES string of the molecule is CC(=O)c1cnc2occ(Cl)c2c1. The molecule has 0 atom stereocenters. The molecule has 2 rings (SSSR count). The normalized spacial score (nSPS) is 10.6. The molecule has 0 unspecified atom stereocenters. The summed E-state index contributed by atoms with van der Waals surface area (Å²) in [7, 11) is 0. The van der Waals surface area contributed by atoms with E-state index in [0.29, 0.717) is 21.7 Å². The lowest BCUT2D eigenvalue weighted by Gasteiger charge is -1.93. The van der Waals surface area contributed by atoms with Gasteiger partial charge in [0.25, 0.3) is 0 Å². The zero-order chi connectivity index (χ0) is 9.42. The maximum Gasteiger partial charge on any atom is 0.227 e. The Kier molecular flexibility index (Phi) is 1.81. The quantitative estimate of drug-likeness (QED) is 0.657. The zero-order valence-corrected chi connectivity index (χ0v) is 7.63. The molecule has 0 spiro atoms. The van der Waals surface area contributed by atoms with Crippen molar-refractivity contribution in [2.75, 3.05) is 0 Å². The lowest BCUT2D eigenvalue weighted by molar-refractivity contribution is 0.101.